The number of nitrogens with two attached hydrogens (primary N) is 1. The molecule has 0 fully saturated rings. The van der Waals surface area contributed by atoms with Gasteiger partial charge in [0.15, 0.2) is 0 Å². The van der Waals surface area contributed by atoms with Crippen LogP contribution in [0.25, 0.3) is 0 Å². The first kappa shape index (κ1) is 16.0. The first-order valence-corrected chi connectivity index (χ1v) is 8.12. The van der Waals surface area contributed by atoms with Gasteiger partial charge < -0.3 is 10.6 Å². The molecule has 0 spiro atoms. The van der Waals surface area contributed by atoms with Crippen molar-refractivity contribution in [2.24, 2.45) is 5.14 Å². The molecule has 7 heteroatoms. The van der Waals surface area contributed by atoms with Crippen molar-refractivity contribution in [2.75, 3.05) is 5.32 Å². The van der Waals surface area contributed by atoms with Crippen LogP contribution < -0.4 is 15.8 Å². The van der Waals surface area contributed by atoms with Crippen molar-refractivity contribution in [3.05, 3.63) is 59.7 Å². The van der Waals surface area contributed by atoms with E-state index in [1.165, 1.54) is 12.1 Å². The second-order valence-electron chi connectivity index (χ2n) is 4.87. The maximum atomic E-state index is 11.8. The van der Waals surface area contributed by atoms with Crippen LogP contribution in [0, 0.1) is 6.92 Å². The van der Waals surface area contributed by atoms with E-state index in [4.69, 9.17) is 5.14 Å². The van der Waals surface area contributed by atoms with Gasteiger partial charge in [-0.3, -0.25) is 0 Å². The van der Waals surface area contributed by atoms with Gasteiger partial charge in [-0.25, -0.2) is 18.4 Å². The highest BCUT2D eigenvalue weighted by Crippen LogP contribution is 2.10. The van der Waals surface area contributed by atoms with Crippen LogP contribution in [-0.4, -0.2) is 14.4 Å². The predicted molar refractivity (Wildman–Crippen MR) is 84.9 cm³/mol. The minimum Gasteiger partial charge on any atom is -0.334 e. The predicted octanol–water partition coefficient (Wildman–Crippen LogP) is 1.96. The highest BCUT2D eigenvalue weighted by atomic mass is 32.2. The van der Waals surface area contributed by atoms with Crippen molar-refractivity contribution in [1.82, 2.24) is 5.32 Å². The van der Waals surface area contributed by atoms with Crippen molar-refractivity contribution < 1.29 is 13.2 Å². The Bertz CT molecular complexity index is 771. The second kappa shape index (κ2) is 6.59. The lowest BCUT2D eigenvalue weighted by molar-refractivity contribution is 0.251. The molecule has 0 bridgehead atoms. The number of carbonyl (C=O) groups excluding carboxylic acids is 1. The lowest BCUT2D eigenvalue weighted by atomic mass is 10.2. The summed E-state index contributed by atoms with van der Waals surface area (Å²) in [7, 11) is -3.70. The summed E-state index contributed by atoms with van der Waals surface area (Å²) < 4.78 is 22.3. The highest BCUT2D eigenvalue weighted by Gasteiger charge is 2.07. The largest absolute Gasteiger partial charge is 0.334 e. The average Bonchev–Trinajstić information content (AvgIpc) is 2.45. The molecule has 2 aromatic carbocycles. The van der Waals surface area contributed by atoms with Crippen LogP contribution >= 0.6 is 0 Å². The Morgan fingerprint density at radius 1 is 1.14 bits per heavy atom. The van der Waals surface area contributed by atoms with Gasteiger partial charge in [0.25, 0.3) is 0 Å². The number of sulfonamides is 1. The lowest BCUT2D eigenvalue weighted by Crippen LogP contribution is -2.28. The molecule has 22 heavy (non-hydrogen) atoms. The Balaban J connectivity index is 1.91. The van der Waals surface area contributed by atoms with Crippen LogP contribution in [0.4, 0.5) is 10.5 Å². The zero-order valence-corrected chi connectivity index (χ0v) is 12.9. The molecule has 2 amide bonds. The molecule has 0 aliphatic heterocycles. The van der Waals surface area contributed by atoms with Crippen LogP contribution in [0.5, 0.6) is 0 Å². The van der Waals surface area contributed by atoms with Crippen LogP contribution in [0.3, 0.4) is 0 Å². The van der Waals surface area contributed by atoms with Crippen molar-refractivity contribution in [3.63, 3.8) is 0 Å². The van der Waals surface area contributed by atoms with Crippen molar-refractivity contribution in [1.29, 1.82) is 0 Å². The fraction of sp³-hybridized carbons (Fsp3) is 0.133. The maximum Gasteiger partial charge on any atom is 0.319 e. The molecule has 0 heterocycles. The van der Waals surface area contributed by atoms with E-state index in [0.29, 0.717) is 5.69 Å². The monoisotopic (exact) mass is 319 g/mol. The fourth-order valence-corrected chi connectivity index (χ4v) is 2.39. The van der Waals surface area contributed by atoms with Gasteiger partial charge in [-0.2, -0.15) is 0 Å². The molecule has 0 aliphatic carbocycles. The third-order valence-electron chi connectivity index (χ3n) is 2.98. The van der Waals surface area contributed by atoms with Gasteiger partial charge in [0.2, 0.25) is 10.0 Å². The first-order chi connectivity index (χ1) is 10.3. The van der Waals surface area contributed by atoms with Crippen LogP contribution in [-0.2, 0) is 16.6 Å². The Kier molecular flexibility index (Phi) is 4.79. The number of hydrogen-bond donors (Lipinski definition) is 3. The van der Waals surface area contributed by atoms with Gasteiger partial charge in [-0.05, 0) is 42.3 Å². The molecule has 0 saturated heterocycles. The van der Waals surface area contributed by atoms with Crippen molar-refractivity contribution in [2.45, 2.75) is 18.4 Å². The summed E-state index contributed by atoms with van der Waals surface area (Å²) >= 11 is 0. The van der Waals surface area contributed by atoms with E-state index < -0.39 is 10.0 Å². The van der Waals surface area contributed by atoms with E-state index in [1.807, 2.05) is 25.1 Å². The SMILES string of the molecule is Cc1cccc(NC(=O)NCc2ccc(S(N)(=O)=O)cc2)c1. The van der Waals surface area contributed by atoms with Gasteiger partial charge >= 0.3 is 6.03 Å². The Labute approximate surface area is 129 Å². The van der Waals surface area contributed by atoms with Gasteiger partial charge in [0, 0.05) is 12.2 Å². The molecule has 0 aromatic heterocycles. The Morgan fingerprint density at radius 3 is 2.41 bits per heavy atom. The number of aryl methyl sites for hydroxylation is 1. The molecule has 0 saturated carbocycles. The number of benzene rings is 2. The lowest BCUT2D eigenvalue weighted by Gasteiger charge is -2.08. The van der Waals surface area contributed by atoms with E-state index >= 15 is 0 Å². The topological polar surface area (TPSA) is 101 Å². The molecule has 2 rings (SSSR count). The number of anilines is 1. The molecular formula is C15H17N3O3S. The number of urea groups is 1. The average molecular weight is 319 g/mol. The van der Waals surface area contributed by atoms with Gasteiger partial charge in [0.1, 0.15) is 0 Å². The van der Waals surface area contributed by atoms with Gasteiger partial charge in [-0.15, -0.1) is 0 Å². The number of primary sulfonamides is 1. The molecule has 4 N–H and O–H groups in total. The summed E-state index contributed by atoms with van der Waals surface area (Å²) in [6.07, 6.45) is 0. The molecule has 0 aliphatic rings. The third-order valence-corrected chi connectivity index (χ3v) is 3.91. The Hall–Kier alpha value is -2.38. The fourth-order valence-electron chi connectivity index (χ4n) is 1.88. The number of amides is 2. The molecule has 6 nitrogen and oxygen atoms in total. The summed E-state index contributed by atoms with van der Waals surface area (Å²) in [6, 6.07) is 13.1. The summed E-state index contributed by atoms with van der Waals surface area (Å²) in [6.45, 7) is 2.22. The first-order valence-electron chi connectivity index (χ1n) is 6.58. The Morgan fingerprint density at radius 2 is 1.82 bits per heavy atom. The summed E-state index contributed by atoms with van der Waals surface area (Å²) in [5, 5.41) is 10.4. The van der Waals surface area contributed by atoms with Gasteiger partial charge in [0.05, 0.1) is 4.90 Å². The number of hydrogen-bond acceptors (Lipinski definition) is 3. The number of rotatable bonds is 4. The van der Waals surface area contributed by atoms with Crippen molar-refractivity contribution >= 4 is 21.7 Å². The zero-order chi connectivity index (χ0) is 16.2. The summed E-state index contributed by atoms with van der Waals surface area (Å²) in [4.78, 5) is 11.8. The van der Waals surface area contributed by atoms with E-state index in [0.717, 1.165) is 11.1 Å². The summed E-state index contributed by atoms with van der Waals surface area (Å²) in [5.74, 6) is 0. The number of carbonyl (C=O) groups is 1. The highest BCUT2D eigenvalue weighted by molar-refractivity contribution is 7.89. The quantitative estimate of drug-likeness (QED) is 0.803. The van der Waals surface area contributed by atoms with E-state index in [-0.39, 0.29) is 17.5 Å². The molecule has 2 aromatic rings. The minimum absolute atomic E-state index is 0.0421. The van der Waals surface area contributed by atoms with Crippen molar-refractivity contribution in [3.8, 4) is 0 Å². The molecule has 0 unspecified atom stereocenters. The standard InChI is InChI=1S/C15H17N3O3S/c1-11-3-2-4-13(9-11)18-15(19)17-10-12-5-7-14(8-6-12)22(16,20)21/h2-9H,10H2,1H3,(H2,16,20,21)(H2,17,18,19). The molecule has 0 radical (unpaired) electrons. The number of nitrogens with one attached hydrogen (secondary N) is 2. The normalized spacial score (nSPS) is 11.0. The molecule has 116 valence electrons. The molecule has 0 atom stereocenters. The van der Waals surface area contributed by atoms with Crippen LogP contribution in [0.1, 0.15) is 11.1 Å². The zero-order valence-electron chi connectivity index (χ0n) is 12.0. The minimum atomic E-state index is -3.70. The smallest absolute Gasteiger partial charge is 0.319 e. The maximum absolute atomic E-state index is 11.8. The molecular weight excluding hydrogens is 302 g/mol. The van der Waals surface area contributed by atoms with E-state index in [9.17, 15) is 13.2 Å². The van der Waals surface area contributed by atoms with Crippen LogP contribution in [0.2, 0.25) is 0 Å². The summed E-state index contributed by atoms with van der Waals surface area (Å²) in [5.41, 5.74) is 2.53. The van der Waals surface area contributed by atoms with Crippen LogP contribution in [0.15, 0.2) is 53.4 Å². The van der Waals surface area contributed by atoms with E-state index in [2.05, 4.69) is 10.6 Å². The third kappa shape index (κ3) is 4.57. The second-order valence-corrected chi connectivity index (χ2v) is 6.43. The van der Waals surface area contributed by atoms with E-state index in [1.54, 1.807) is 18.2 Å². The van der Waals surface area contributed by atoms with Gasteiger partial charge in [-0.1, -0.05) is 24.3 Å².